The zero-order chi connectivity index (χ0) is 28.8. The van der Waals surface area contributed by atoms with Gasteiger partial charge in [-0.25, -0.2) is 0 Å². The van der Waals surface area contributed by atoms with Crippen LogP contribution in [0.2, 0.25) is 0 Å². The summed E-state index contributed by atoms with van der Waals surface area (Å²) in [7, 11) is 0. The van der Waals surface area contributed by atoms with Crippen LogP contribution in [0.25, 0.3) is 6.08 Å². The molecule has 3 aromatic rings. The molecule has 3 aromatic carbocycles. The summed E-state index contributed by atoms with van der Waals surface area (Å²) >= 11 is -5.70. The van der Waals surface area contributed by atoms with E-state index in [2.05, 4.69) is 0 Å². The fourth-order valence-electron chi connectivity index (χ4n) is 5.71. The number of allylic oxidation sites excluding steroid dienone is 5. The number of fused-ring (bicyclic) bond motifs is 1. The maximum absolute atomic E-state index is 13.4. The molecule has 2 nitrogen and oxygen atoms in total. The maximum atomic E-state index is 13.4. The first-order valence-corrected chi connectivity index (χ1v) is 18.6. The minimum absolute atomic E-state index is 0.192. The summed E-state index contributed by atoms with van der Waals surface area (Å²) in [6.07, 6.45) is 1.13. The summed E-state index contributed by atoms with van der Waals surface area (Å²) in [6.45, 7) is 3.76. The first-order valence-electron chi connectivity index (χ1n) is 12.7. The summed E-state index contributed by atoms with van der Waals surface area (Å²) in [5, 5.41) is 0. The average Bonchev–Trinajstić information content (AvgIpc) is 3.59. The van der Waals surface area contributed by atoms with Crippen molar-refractivity contribution in [3.05, 3.63) is 123 Å². The van der Waals surface area contributed by atoms with E-state index in [4.69, 9.17) is 5.63 Å². The molecule has 0 saturated carbocycles. The first kappa shape index (κ1) is 28.3. The van der Waals surface area contributed by atoms with Gasteiger partial charge in [-0.3, -0.25) is 0 Å². The monoisotopic (exact) mass is 634 g/mol. The molecule has 1 atom stereocenters. The van der Waals surface area contributed by atoms with E-state index in [0.717, 1.165) is 41.9 Å². The van der Waals surface area contributed by atoms with Crippen molar-refractivity contribution in [3.8, 4) is 11.5 Å². The van der Waals surface area contributed by atoms with E-state index in [9.17, 15) is 26.3 Å². The molecular formula is C31H26F6O2Zr. The quantitative estimate of drug-likeness (QED) is 0.251. The summed E-state index contributed by atoms with van der Waals surface area (Å²) in [6, 6.07) is 16.7. The molecule has 0 saturated heterocycles. The van der Waals surface area contributed by atoms with Gasteiger partial charge in [-0.15, -0.1) is 0 Å². The van der Waals surface area contributed by atoms with Gasteiger partial charge < -0.3 is 0 Å². The Morgan fingerprint density at radius 3 is 1.73 bits per heavy atom. The SMILES string of the molecule is C[C](C)=[Zr]([O]c1ccc(C(F)(F)F)cc1)([O]c1ccc(C(F)(F)F)cc1)([C]1=CC=CC1)[CH]1C=Cc2ccccc21. The number of rotatable bonds is 6. The second-order valence-corrected chi connectivity index (χ2v) is 22.4. The molecule has 0 aliphatic heterocycles. The van der Waals surface area contributed by atoms with Gasteiger partial charge in [0.25, 0.3) is 0 Å². The Bertz CT molecular complexity index is 1520. The Balaban J connectivity index is 1.78. The van der Waals surface area contributed by atoms with Gasteiger partial charge in [0.2, 0.25) is 0 Å². The van der Waals surface area contributed by atoms with Crippen LogP contribution >= 0.6 is 0 Å². The van der Waals surface area contributed by atoms with Crippen LogP contribution in [0, 0.1) is 0 Å². The van der Waals surface area contributed by atoms with Crippen molar-refractivity contribution in [1.82, 2.24) is 0 Å². The normalized spacial score (nSPS) is 17.0. The summed E-state index contributed by atoms with van der Waals surface area (Å²) in [5.74, 6) is 0.384. The Hall–Kier alpha value is -3.19. The molecule has 0 radical (unpaired) electrons. The van der Waals surface area contributed by atoms with Gasteiger partial charge in [-0.2, -0.15) is 0 Å². The van der Waals surface area contributed by atoms with Crippen molar-refractivity contribution in [2.75, 3.05) is 0 Å². The van der Waals surface area contributed by atoms with Crippen LogP contribution in [-0.2, 0) is 31.5 Å². The fraction of sp³-hybridized carbons (Fsp3) is 0.194. The molecule has 40 heavy (non-hydrogen) atoms. The predicted octanol–water partition coefficient (Wildman–Crippen LogP) is 9.53. The van der Waals surface area contributed by atoms with Crippen LogP contribution in [0.1, 0.15) is 46.1 Å². The van der Waals surface area contributed by atoms with Crippen LogP contribution in [0.5, 0.6) is 11.5 Å². The molecule has 5 rings (SSSR count). The molecule has 0 N–H and O–H groups in total. The molecule has 0 heterocycles. The third kappa shape index (κ3) is 4.72. The van der Waals surface area contributed by atoms with Crippen LogP contribution in [0.4, 0.5) is 26.3 Å². The summed E-state index contributed by atoms with van der Waals surface area (Å²) in [4.78, 5) is 0. The van der Waals surface area contributed by atoms with E-state index in [1.165, 1.54) is 24.3 Å². The number of alkyl halides is 6. The molecule has 2 aliphatic rings. The van der Waals surface area contributed by atoms with Crippen LogP contribution in [0.3, 0.4) is 0 Å². The van der Waals surface area contributed by atoms with Gasteiger partial charge in [0.05, 0.1) is 0 Å². The molecule has 2 aliphatic carbocycles. The zero-order valence-corrected chi connectivity index (χ0v) is 24.1. The molecule has 0 aromatic heterocycles. The molecule has 0 bridgehead atoms. The van der Waals surface area contributed by atoms with Crippen LogP contribution in [-0.4, -0.2) is 3.21 Å². The van der Waals surface area contributed by atoms with Crippen molar-refractivity contribution in [2.45, 2.75) is 36.2 Å². The first-order chi connectivity index (χ1) is 18.8. The van der Waals surface area contributed by atoms with E-state index >= 15 is 0 Å². The van der Waals surface area contributed by atoms with Gasteiger partial charge >= 0.3 is 231 Å². The number of hydrogen-bond donors (Lipinski definition) is 0. The van der Waals surface area contributed by atoms with E-state index in [-0.39, 0.29) is 11.5 Å². The molecule has 208 valence electrons. The summed E-state index contributed by atoms with van der Waals surface area (Å²) in [5.41, 5.74) is 0.250. The second-order valence-electron chi connectivity index (χ2n) is 10.2. The molecule has 0 spiro atoms. The number of hydrogen-bond acceptors (Lipinski definition) is 2. The van der Waals surface area contributed by atoms with Crippen molar-refractivity contribution < 1.29 is 51.1 Å². The standard InChI is InChI=1S/C9H7.2C7H5F3O.C5H5.C3H6.Zr/c1-2-5-9-7-3-6-8(9)4-1;2*8-7(9,10)5-1-3-6(11)4-2-5;1-2-4-5-3-1;1-3-2;/h1-7H;2*1-4,11H;1-3H,4H2;1-2H3;/q;;;;;+2/p-2. The van der Waals surface area contributed by atoms with E-state index in [0.29, 0.717) is 6.42 Å². The molecule has 0 fully saturated rings. The Morgan fingerprint density at radius 2 is 1.27 bits per heavy atom. The number of halogens is 6. The fourth-order valence-corrected chi connectivity index (χ4v) is 20.5. The van der Waals surface area contributed by atoms with Gasteiger partial charge in [-0.1, -0.05) is 0 Å². The van der Waals surface area contributed by atoms with Gasteiger partial charge in [0.1, 0.15) is 0 Å². The predicted molar refractivity (Wildman–Crippen MR) is 141 cm³/mol. The zero-order valence-electron chi connectivity index (χ0n) is 21.7. The third-order valence-electron chi connectivity index (χ3n) is 7.69. The summed E-state index contributed by atoms with van der Waals surface area (Å²) < 4.78 is 95.5. The Kier molecular flexibility index (Phi) is 7.10. The Morgan fingerprint density at radius 1 is 0.750 bits per heavy atom. The second kappa shape index (κ2) is 10.0. The molecule has 9 heteroatoms. The van der Waals surface area contributed by atoms with E-state index in [1.807, 2.05) is 68.5 Å². The Labute approximate surface area is 230 Å². The van der Waals surface area contributed by atoms with Crippen molar-refractivity contribution >= 4 is 9.28 Å². The number of benzene rings is 3. The molecule has 1 unspecified atom stereocenters. The van der Waals surface area contributed by atoms with Crippen LogP contribution < -0.4 is 5.63 Å². The van der Waals surface area contributed by atoms with Gasteiger partial charge in [0, 0.05) is 0 Å². The topological polar surface area (TPSA) is 18.5 Å². The van der Waals surface area contributed by atoms with E-state index in [1.54, 1.807) is 0 Å². The van der Waals surface area contributed by atoms with Gasteiger partial charge in [0.15, 0.2) is 0 Å². The van der Waals surface area contributed by atoms with Crippen LogP contribution in [0.15, 0.2) is 100 Å². The molecule has 0 amide bonds. The average molecular weight is 636 g/mol. The minimum atomic E-state index is -5.70. The molecular weight excluding hydrogens is 610 g/mol. The third-order valence-corrected chi connectivity index (χ3v) is 23.4. The van der Waals surface area contributed by atoms with Gasteiger partial charge in [-0.05, 0) is 0 Å². The van der Waals surface area contributed by atoms with Crippen molar-refractivity contribution in [2.24, 2.45) is 0 Å². The van der Waals surface area contributed by atoms with Crippen molar-refractivity contribution in [1.29, 1.82) is 0 Å². The van der Waals surface area contributed by atoms with Crippen molar-refractivity contribution in [3.63, 3.8) is 0 Å². The van der Waals surface area contributed by atoms with E-state index < -0.39 is 46.3 Å².